The largest absolute Gasteiger partial charge is 0.478 e. The van der Waals surface area contributed by atoms with Gasteiger partial charge in [-0.1, -0.05) is 6.07 Å². The van der Waals surface area contributed by atoms with Gasteiger partial charge in [-0.2, -0.15) is 4.98 Å². The summed E-state index contributed by atoms with van der Waals surface area (Å²) in [4.78, 5) is 14.9. The number of nitrogens with one attached hydrogen (secondary N) is 1. The zero-order valence-corrected chi connectivity index (χ0v) is 8.15. The second-order valence-corrected chi connectivity index (χ2v) is 3.01. The van der Waals surface area contributed by atoms with Gasteiger partial charge in [0.2, 0.25) is 0 Å². The van der Waals surface area contributed by atoms with Gasteiger partial charge >= 0.3 is 5.97 Å². The number of para-hydroxylation sites is 1. The van der Waals surface area contributed by atoms with E-state index in [-0.39, 0.29) is 5.56 Å². The fraction of sp³-hybridized carbons (Fsp3) is 0.200. The maximum absolute atomic E-state index is 10.9. The summed E-state index contributed by atoms with van der Waals surface area (Å²) < 4.78 is 5.31. The van der Waals surface area contributed by atoms with Crippen LogP contribution in [0, 0.1) is 0 Å². The number of nitrogens with zero attached hydrogens (tertiary/aromatic N) is 1. The molecule has 78 valence electrons. The average Bonchev–Trinajstić information content (AvgIpc) is 2.59. The van der Waals surface area contributed by atoms with E-state index in [1.165, 1.54) is 6.07 Å². The van der Waals surface area contributed by atoms with Crippen molar-refractivity contribution in [2.75, 3.05) is 11.9 Å². The molecule has 0 unspecified atom stereocenters. The van der Waals surface area contributed by atoms with Gasteiger partial charge in [0.1, 0.15) is 5.52 Å². The summed E-state index contributed by atoms with van der Waals surface area (Å²) in [5, 5.41) is 11.8. The number of carboxylic acid groups (broad SMARTS) is 1. The highest BCUT2D eigenvalue weighted by Gasteiger charge is 2.13. The highest BCUT2D eigenvalue weighted by molar-refractivity contribution is 6.00. The summed E-state index contributed by atoms with van der Waals surface area (Å²) in [5.74, 6) is -1.00. The van der Waals surface area contributed by atoms with E-state index in [2.05, 4.69) is 10.3 Å². The molecule has 0 bridgehead atoms. The second-order valence-electron chi connectivity index (χ2n) is 3.01. The van der Waals surface area contributed by atoms with Crippen molar-refractivity contribution in [1.29, 1.82) is 0 Å². The Morgan fingerprint density at radius 2 is 2.40 bits per heavy atom. The monoisotopic (exact) mass is 206 g/mol. The molecule has 2 N–H and O–H groups in total. The number of hydrogen-bond donors (Lipinski definition) is 2. The molecular weight excluding hydrogens is 196 g/mol. The van der Waals surface area contributed by atoms with Crippen molar-refractivity contribution in [3.05, 3.63) is 23.8 Å². The maximum Gasteiger partial charge on any atom is 0.338 e. The van der Waals surface area contributed by atoms with Crippen molar-refractivity contribution in [1.82, 2.24) is 4.98 Å². The van der Waals surface area contributed by atoms with Gasteiger partial charge in [-0.05, 0) is 19.1 Å². The number of carbonyl (C=O) groups is 1. The molecule has 0 saturated heterocycles. The van der Waals surface area contributed by atoms with Crippen LogP contribution in [0.15, 0.2) is 22.6 Å². The first-order chi connectivity index (χ1) is 7.22. The van der Waals surface area contributed by atoms with Crippen LogP contribution >= 0.6 is 0 Å². The molecule has 1 aromatic heterocycles. The lowest BCUT2D eigenvalue weighted by Crippen LogP contribution is -1.98. The molecule has 15 heavy (non-hydrogen) atoms. The number of carboxylic acids is 1. The van der Waals surface area contributed by atoms with Crippen LogP contribution in [0.4, 0.5) is 6.01 Å². The molecule has 0 atom stereocenters. The van der Waals surface area contributed by atoms with Gasteiger partial charge < -0.3 is 14.8 Å². The quantitative estimate of drug-likeness (QED) is 0.802. The molecule has 1 aromatic carbocycles. The molecular formula is C10H10N2O3. The van der Waals surface area contributed by atoms with Crippen LogP contribution in [0.5, 0.6) is 0 Å². The van der Waals surface area contributed by atoms with Crippen LogP contribution < -0.4 is 5.32 Å². The van der Waals surface area contributed by atoms with Crippen molar-refractivity contribution in [3.63, 3.8) is 0 Å². The smallest absolute Gasteiger partial charge is 0.338 e. The van der Waals surface area contributed by atoms with Gasteiger partial charge in [0.05, 0.1) is 5.56 Å². The number of rotatable bonds is 3. The van der Waals surface area contributed by atoms with Crippen LogP contribution in [0.2, 0.25) is 0 Å². The molecule has 0 aliphatic carbocycles. The Kier molecular flexibility index (Phi) is 2.29. The van der Waals surface area contributed by atoms with Gasteiger partial charge in [0, 0.05) is 6.54 Å². The molecule has 1 heterocycles. The van der Waals surface area contributed by atoms with E-state index in [0.29, 0.717) is 23.7 Å². The highest BCUT2D eigenvalue weighted by Crippen LogP contribution is 2.21. The molecule has 2 aromatic rings. The second kappa shape index (κ2) is 3.61. The third-order valence-corrected chi connectivity index (χ3v) is 1.98. The van der Waals surface area contributed by atoms with Crippen LogP contribution in [-0.4, -0.2) is 22.6 Å². The molecule has 2 rings (SSSR count). The van der Waals surface area contributed by atoms with E-state index in [1.807, 2.05) is 6.92 Å². The Labute approximate surface area is 85.7 Å². The molecule has 5 nitrogen and oxygen atoms in total. The number of oxazole rings is 1. The summed E-state index contributed by atoms with van der Waals surface area (Å²) in [6.45, 7) is 2.59. The molecule has 0 spiro atoms. The third-order valence-electron chi connectivity index (χ3n) is 1.98. The lowest BCUT2D eigenvalue weighted by atomic mass is 10.2. The number of aromatic carboxylic acids is 1. The Hall–Kier alpha value is -2.04. The highest BCUT2D eigenvalue weighted by atomic mass is 16.4. The van der Waals surface area contributed by atoms with Crippen LogP contribution in [0.1, 0.15) is 17.3 Å². The first-order valence-corrected chi connectivity index (χ1v) is 4.59. The SMILES string of the molecule is CCNc1nc2c(C(=O)O)cccc2o1. The maximum atomic E-state index is 10.9. The summed E-state index contributed by atoms with van der Waals surface area (Å²) in [6.07, 6.45) is 0. The first kappa shape index (κ1) is 9.51. The van der Waals surface area contributed by atoms with Crippen LogP contribution in [-0.2, 0) is 0 Å². The van der Waals surface area contributed by atoms with Crippen molar-refractivity contribution in [2.24, 2.45) is 0 Å². The molecule has 0 amide bonds. The fourth-order valence-corrected chi connectivity index (χ4v) is 1.35. The predicted molar refractivity (Wildman–Crippen MR) is 55.1 cm³/mol. The number of hydrogen-bond acceptors (Lipinski definition) is 4. The minimum atomic E-state index is -1.00. The van der Waals surface area contributed by atoms with Crippen LogP contribution in [0.25, 0.3) is 11.1 Å². The van der Waals surface area contributed by atoms with E-state index in [0.717, 1.165) is 0 Å². The third kappa shape index (κ3) is 1.63. The van der Waals surface area contributed by atoms with E-state index < -0.39 is 5.97 Å². The minimum absolute atomic E-state index is 0.153. The molecule has 0 radical (unpaired) electrons. The summed E-state index contributed by atoms with van der Waals surface area (Å²) in [5.41, 5.74) is 1.01. The lowest BCUT2D eigenvalue weighted by molar-refractivity contribution is 0.0699. The van der Waals surface area contributed by atoms with Crippen molar-refractivity contribution >= 4 is 23.1 Å². The number of anilines is 1. The van der Waals surface area contributed by atoms with Crippen molar-refractivity contribution in [3.8, 4) is 0 Å². The van der Waals surface area contributed by atoms with Gasteiger partial charge in [-0.15, -0.1) is 0 Å². The minimum Gasteiger partial charge on any atom is -0.478 e. The van der Waals surface area contributed by atoms with Gasteiger partial charge in [-0.25, -0.2) is 4.79 Å². The Morgan fingerprint density at radius 3 is 3.07 bits per heavy atom. The normalized spacial score (nSPS) is 10.5. The Balaban J connectivity index is 2.59. The van der Waals surface area contributed by atoms with E-state index in [9.17, 15) is 4.79 Å². The fourth-order valence-electron chi connectivity index (χ4n) is 1.35. The topological polar surface area (TPSA) is 75.4 Å². The van der Waals surface area contributed by atoms with Crippen molar-refractivity contribution in [2.45, 2.75) is 6.92 Å². The van der Waals surface area contributed by atoms with Crippen LogP contribution in [0.3, 0.4) is 0 Å². The van der Waals surface area contributed by atoms with Crippen molar-refractivity contribution < 1.29 is 14.3 Å². The predicted octanol–water partition coefficient (Wildman–Crippen LogP) is 1.96. The standard InChI is InChI=1S/C10H10N2O3/c1-2-11-10-12-8-6(9(13)14)4-3-5-7(8)15-10/h3-5H,2H2,1H3,(H,11,12)(H,13,14). The summed E-state index contributed by atoms with van der Waals surface area (Å²) >= 11 is 0. The van der Waals surface area contributed by atoms with Gasteiger partial charge in [0.25, 0.3) is 6.01 Å². The lowest BCUT2D eigenvalue weighted by Gasteiger charge is -1.92. The zero-order chi connectivity index (χ0) is 10.8. The number of benzene rings is 1. The molecule has 0 fully saturated rings. The summed E-state index contributed by atoms with van der Waals surface area (Å²) in [6, 6.07) is 5.17. The zero-order valence-electron chi connectivity index (χ0n) is 8.15. The average molecular weight is 206 g/mol. The van der Waals surface area contributed by atoms with E-state index in [1.54, 1.807) is 12.1 Å². The Bertz CT molecular complexity index is 504. The van der Waals surface area contributed by atoms with Gasteiger partial charge in [-0.3, -0.25) is 0 Å². The molecule has 5 heteroatoms. The molecule has 0 aliphatic rings. The number of aromatic nitrogens is 1. The van der Waals surface area contributed by atoms with Gasteiger partial charge in [0.15, 0.2) is 5.58 Å². The van der Waals surface area contributed by atoms with E-state index >= 15 is 0 Å². The van der Waals surface area contributed by atoms with E-state index in [4.69, 9.17) is 9.52 Å². The summed E-state index contributed by atoms with van der Waals surface area (Å²) in [7, 11) is 0. The Morgan fingerprint density at radius 1 is 1.60 bits per heavy atom. The first-order valence-electron chi connectivity index (χ1n) is 4.59. The molecule has 0 aliphatic heterocycles. The number of fused-ring (bicyclic) bond motifs is 1. The molecule has 0 saturated carbocycles.